The first kappa shape index (κ1) is 12.8. The van der Waals surface area contributed by atoms with Gasteiger partial charge in [0, 0.05) is 19.2 Å². The van der Waals surface area contributed by atoms with Gasteiger partial charge < -0.3 is 9.84 Å². The van der Waals surface area contributed by atoms with Crippen molar-refractivity contribution in [2.45, 2.75) is 51.2 Å². The van der Waals surface area contributed by atoms with E-state index >= 15 is 0 Å². The van der Waals surface area contributed by atoms with E-state index in [2.05, 4.69) is 4.90 Å². The van der Waals surface area contributed by atoms with E-state index in [0.29, 0.717) is 19.2 Å². The van der Waals surface area contributed by atoms with Crippen LogP contribution in [0.3, 0.4) is 0 Å². The molecule has 0 radical (unpaired) electrons. The molecule has 3 atom stereocenters. The second kappa shape index (κ2) is 5.83. The summed E-state index contributed by atoms with van der Waals surface area (Å²) in [7, 11) is 0. The number of likely N-dealkylation sites (tertiary alicyclic amines) is 1. The summed E-state index contributed by atoms with van der Waals surface area (Å²) < 4.78 is 5.31. The summed E-state index contributed by atoms with van der Waals surface area (Å²) >= 11 is 0. The van der Waals surface area contributed by atoms with Gasteiger partial charge in [0.2, 0.25) is 0 Å². The van der Waals surface area contributed by atoms with E-state index in [1.54, 1.807) is 0 Å². The zero-order valence-electron chi connectivity index (χ0n) is 10.6. The SMILES string of the molecule is CCOC(CN1CCCC2CCCC21)C(=O)O. The summed E-state index contributed by atoms with van der Waals surface area (Å²) in [6.45, 7) is 3.92. The highest BCUT2D eigenvalue weighted by molar-refractivity contribution is 5.72. The first-order valence-corrected chi connectivity index (χ1v) is 6.80. The lowest BCUT2D eigenvalue weighted by Gasteiger charge is -2.38. The Labute approximate surface area is 103 Å². The van der Waals surface area contributed by atoms with Crippen molar-refractivity contribution in [2.75, 3.05) is 19.7 Å². The number of rotatable bonds is 5. The summed E-state index contributed by atoms with van der Waals surface area (Å²) in [6, 6.07) is 0.617. The number of carboxylic acids is 1. The third-order valence-electron chi connectivity index (χ3n) is 4.15. The molecule has 2 aliphatic rings. The van der Waals surface area contributed by atoms with E-state index in [4.69, 9.17) is 9.84 Å². The molecule has 1 aliphatic carbocycles. The van der Waals surface area contributed by atoms with E-state index in [-0.39, 0.29) is 0 Å². The lowest BCUT2D eigenvalue weighted by atomic mass is 9.92. The molecule has 98 valence electrons. The van der Waals surface area contributed by atoms with Gasteiger partial charge in [0.15, 0.2) is 6.10 Å². The zero-order valence-corrected chi connectivity index (χ0v) is 10.6. The number of carboxylic acid groups (broad SMARTS) is 1. The number of aliphatic carboxylic acids is 1. The van der Waals surface area contributed by atoms with Crippen molar-refractivity contribution >= 4 is 5.97 Å². The van der Waals surface area contributed by atoms with Crippen LogP contribution in [-0.4, -0.2) is 47.8 Å². The fourth-order valence-electron chi connectivity index (χ4n) is 3.40. The molecule has 3 unspecified atom stereocenters. The van der Waals surface area contributed by atoms with Gasteiger partial charge in [-0.3, -0.25) is 4.90 Å². The van der Waals surface area contributed by atoms with Crippen molar-refractivity contribution in [3.05, 3.63) is 0 Å². The standard InChI is InChI=1S/C13H23NO3/c1-2-17-12(13(15)16)9-14-8-4-6-10-5-3-7-11(10)14/h10-12H,2-9H2,1H3,(H,15,16). The summed E-state index contributed by atoms with van der Waals surface area (Å²) in [5.74, 6) is -0.0215. The molecule has 17 heavy (non-hydrogen) atoms. The number of ether oxygens (including phenoxy) is 1. The van der Waals surface area contributed by atoms with Crippen molar-refractivity contribution < 1.29 is 14.6 Å². The maximum Gasteiger partial charge on any atom is 0.334 e. The fourth-order valence-corrected chi connectivity index (χ4v) is 3.40. The molecule has 0 aromatic heterocycles. The van der Waals surface area contributed by atoms with Crippen LogP contribution in [0, 0.1) is 5.92 Å². The van der Waals surface area contributed by atoms with Crippen molar-refractivity contribution in [1.82, 2.24) is 4.90 Å². The average molecular weight is 241 g/mol. The number of hydrogen-bond acceptors (Lipinski definition) is 3. The third-order valence-corrected chi connectivity index (χ3v) is 4.15. The molecule has 4 nitrogen and oxygen atoms in total. The van der Waals surface area contributed by atoms with Gasteiger partial charge in [-0.15, -0.1) is 0 Å². The van der Waals surface area contributed by atoms with E-state index in [1.165, 1.54) is 32.1 Å². The summed E-state index contributed by atoms with van der Waals surface area (Å²) in [4.78, 5) is 13.5. The van der Waals surface area contributed by atoms with Crippen LogP contribution in [-0.2, 0) is 9.53 Å². The van der Waals surface area contributed by atoms with Gasteiger partial charge in [0.05, 0.1) is 0 Å². The second-order valence-electron chi connectivity index (χ2n) is 5.18. The van der Waals surface area contributed by atoms with E-state index in [0.717, 1.165) is 12.5 Å². The van der Waals surface area contributed by atoms with Gasteiger partial charge >= 0.3 is 5.97 Å². The Morgan fingerprint density at radius 3 is 2.88 bits per heavy atom. The van der Waals surface area contributed by atoms with Crippen LogP contribution < -0.4 is 0 Å². The van der Waals surface area contributed by atoms with Gasteiger partial charge in [-0.25, -0.2) is 4.79 Å². The highest BCUT2D eigenvalue weighted by atomic mass is 16.5. The quantitative estimate of drug-likeness (QED) is 0.796. The Balaban J connectivity index is 1.93. The van der Waals surface area contributed by atoms with Crippen LogP contribution in [0.15, 0.2) is 0 Å². The number of nitrogens with zero attached hydrogens (tertiary/aromatic N) is 1. The number of carbonyl (C=O) groups is 1. The third kappa shape index (κ3) is 2.99. The fraction of sp³-hybridized carbons (Fsp3) is 0.923. The molecular formula is C13H23NO3. The average Bonchev–Trinajstić information content (AvgIpc) is 2.77. The Kier molecular flexibility index (Phi) is 4.40. The minimum atomic E-state index is -0.827. The molecule has 1 heterocycles. The van der Waals surface area contributed by atoms with Crippen LogP contribution in [0.4, 0.5) is 0 Å². The molecule has 1 saturated carbocycles. The van der Waals surface area contributed by atoms with Crippen LogP contribution in [0.25, 0.3) is 0 Å². The van der Waals surface area contributed by atoms with E-state index in [9.17, 15) is 4.79 Å². The zero-order chi connectivity index (χ0) is 12.3. The van der Waals surface area contributed by atoms with Gasteiger partial charge in [-0.1, -0.05) is 6.42 Å². The van der Waals surface area contributed by atoms with E-state index < -0.39 is 12.1 Å². The van der Waals surface area contributed by atoms with Crippen molar-refractivity contribution in [3.63, 3.8) is 0 Å². The Hall–Kier alpha value is -0.610. The maximum absolute atomic E-state index is 11.1. The molecule has 1 aliphatic heterocycles. The maximum atomic E-state index is 11.1. The van der Waals surface area contributed by atoms with Crippen LogP contribution in [0.1, 0.15) is 39.0 Å². The first-order valence-electron chi connectivity index (χ1n) is 6.80. The first-order chi connectivity index (χ1) is 8.22. The predicted molar refractivity (Wildman–Crippen MR) is 65.0 cm³/mol. The largest absolute Gasteiger partial charge is 0.479 e. The number of piperidine rings is 1. The molecule has 1 N–H and O–H groups in total. The molecule has 0 aromatic carbocycles. The lowest BCUT2D eigenvalue weighted by Crippen LogP contribution is -2.48. The molecule has 0 aromatic rings. The molecule has 0 amide bonds. The number of hydrogen-bond donors (Lipinski definition) is 1. The normalized spacial score (nSPS) is 31.1. The second-order valence-corrected chi connectivity index (χ2v) is 5.18. The smallest absolute Gasteiger partial charge is 0.334 e. The Bertz CT molecular complexity index is 269. The topological polar surface area (TPSA) is 49.8 Å². The van der Waals surface area contributed by atoms with Gasteiger partial charge in [-0.2, -0.15) is 0 Å². The van der Waals surface area contributed by atoms with Gasteiger partial charge in [-0.05, 0) is 45.1 Å². The highest BCUT2D eigenvalue weighted by Crippen LogP contribution is 2.36. The summed E-state index contributed by atoms with van der Waals surface area (Å²) in [5.41, 5.74) is 0. The van der Waals surface area contributed by atoms with Crippen LogP contribution >= 0.6 is 0 Å². The molecule has 1 saturated heterocycles. The van der Waals surface area contributed by atoms with Crippen LogP contribution in [0.2, 0.25) is 0 Å². The van der Waals surface area contributed by atoms with Crippen molar-refractivity contribution in [3.8, 4) is 0 Å². The lowest BCUT2D eigenvalue weighted by molar-refractivity contribution is -0.152. The predicted octanol–water partition coefficient (Wildman–Crippen LogP) is 1.74. The minimum Gasteiger partial charge on any atom is -0.479 e. The molecular weight excluding hydrogens is 218 g/mol. The highest BCUT2D eigenvalue weighted by Gasteiger charge is 2.36. The Morgan fingerprint density at radius 1 is 1.41 bits per heavy atom. The van der Waals surface area contributed by atoms with Crippen LogP contribution in [0.5, 0.6) is 0 Å². The minimum absolute atomic E-state index is 0.471. The molecule has 0 spiro atoms. The van der Waals surface area contributed by atoms with Gasteiger partial charge in [0.1, 0.15) is 0 Å². The van der Waals surface area contributed by atoms with Gasteiger partial charge in [0.25, 0.3) is 0 Å². The number of fused-ring (bicyclic) bond motifs is 1. The van der Waals surface area contributed by atoms with E-state index in [1.807, 2.05) is 6.92 Å². The molecule has 0 bridgehead atoms. The summed E-state index contributed by atoms with van der Waals surface area (Å²) in [6.07, 6.45) is 5.75. The molecule has 4 heteroatoms. The monoisotopic (exact) mass is 241 g/mol. The van der Waals surface area contributed by atoms with Crippen molar-refractivity contribution in [2.24, 2.45) is 5.92 Å². The summed E-state index contributed by atoms with van der Waals surface area (Å²) in [5, 5.41) is 9.12. The van der Waals surface area contributed by atoms with Crippen molar-refractivity contribution in [1.29, 1.82) is 0 Å². The Morgan fingerprint density at radius 2 is 2.18 bits per heavy atom. The molecule has 2 rings (SSSR count). The molecule has 2 fully saturated rings.